The summed E-state index contributed by atoms with van der Waals surface area (Å²) in [5, 5.41) is 5.35. The van der Waals surface area contributed by atoms with E-state index in [0.29, 0.717) is 0 Å². The van der Waals surface area contributed by atoms with Crippen LogP contribution in [0.25, 0.3) is 0 Å². The van der Waals surface area contributed by atoms with Crippen LogP contribution in [-0.4, -0.2) is 14.8 Å². The highest BCUT2D eigenvalue weighted by molar-refractivity contribution is 6.31. The summed E-state index contributed by atoms with van der Waals surface area (Å²) in [5.41, 5.74) is 4.00. The van der Waals surface area contributed by atoms with Crippen molar-refractivity contribution in [2.45, 2.75) is 19.9 Å². The van der Waals surface area contributed by atoms with Gasteiger partial charge in [-0.25, -0.2) is 0 Å². The summed E-state index contributed by atoms with van der Waals surface area (Å²) < 4.78 is 1.98. The summed E-state index contributed by atoms with van der Waals surface area (Å²) in [6, 6.07) is 15.7. The number of rotatable bonds is 3. The molecule has 0 fully saturated rings. The minimum absolute atomic E-state index is 0.117. The molecule has 4 heteroatoms. The van der Waals surface area contributed by atoms with E-state index in [4.69, 9.17) is 11.6 Å². The highest BCUT2D eigenvalue weighted by atomic mass is 35.5. The number of halogens is 1. The third kappa shape index (κ3) is 2.69. The quantitative estimate of drug-likeness (QED) is 0.726. The maximum Gasteiger partial charge on any atom is 0.121 e. The molecule has 0 saturated carbocycles. The van der Waals surface area contributed by atoms with Gasteiger partial charge in [-0.1, -0.05) is 35.9 Å². The smallest absolute Gasteiger partial charge is 0.121 e. The molecule has 0 spiro atoms. The van der Waals surface area contributed by atoms with Gasteiger partial charge in [0.1, 0.15) is 6.04 Å². The van der Waals surface area contributed by atoms with Crippen LogP contribution in [0.15, 0.2) is 54.7 Å². The number of hydrogen-bond donors (Lipinski definition) is 0. The third-order valence-electron chi connectivity index (χ3n) is 3.46. The fourth-order valence-electron chi connectivity index (χ4n) is 2.56. The molecular weight excluding hydrogens is 282 g/mol. The summed E-state index contributed by atoms with van der Waals surface area (Å²) >= 11 is 6.41. The summed E-state index contributed by atoms with van der Waals surface area (Å²) in [5.74, 6) is 0. The van der Waals surface area contributed by atoms with Gasteiger partial charge in [-0.3, -0.25) is 9.67 Å². The Bertz CT molecular complexity index is 750. The number of benzene rings is 1. The largest absolute Gasteiger partial charge is 0.259 e. The van der Waals surface area contributed by atoms with Gasteiger partial charge in [0.15, 0.2) is 0 Å². The average molecular weight is 298 g/mol. The van der Waals surface area contributed by atoms with Gasteiger partial charge in [-0.15, -0.1) is 0 Å². The predicted molar refractivity (Wildman–Crippen MR) is 84.6 cm³/mol. The maximum absolute atomic E-state index is 6.41. The Balaban J connectivity index is 2.21. The van der Waals surface area contributed by atoms with Crippen molar-refractivity contribution in [2.75, 3.05) is 0 Å². The van der Waals surface area contributed by atoms with Gasteiger partial charge < -0.3 is 0 Å². The lowest BCUT2D eigenvalue weighted by molar-refractivity contribution is 0.563. The molecule has 1 atom stereocenters. The molecule has 0 radical (unpaired) electrons. The van der Waals surface area contributed by atoms with E-state index in [9.17, 15) is 0 Å². The molecule has 3 nitrogen and oxygen atoms in total. The first-order valence-corrected chi connectivity index (χ1v) is 7.22. The molecule has 0 aliphatic heterocycles. The minimum Gasteiger partial charge on any atom is -0.259 e. The van der Waals surface area contributed by atoms with Crippen molar-refractivity contribution in [1.82, 2.24) is 14.8 Å². The van der Waals surface area contributed by atoms with E-state index in [1.54, 1.807) is 6.20 Å². The normalized spacial score (nSPS) is 12.3. The highest BCUT2D eigenvalue weighted by Crippen LogP contribution is 2.31. The Morgan fingerprint density at radius 3 is 2.43 bits per heavy atom. The molecule has 0 aliphatic carbocycles. The molecule has 3 rings (SSSR count). The van der Waals surface area contributed by atoms with Crippen LogP contribution in [0.3, 0.4) is 0 Å². The minimum atomic E-state index is -0.117. The number of nitrogens with zero attached hydrogens (tertiary/aromatic N) is 3. The molecule has 2 heterocycles. The molecule has 1 unspecified atom stereocenters. The highest BCUT2D eigenvalue weighted by Gasteiger charge is 2.22. The van der Waals surface area contributed by atoms with Crippen molar-refractivity contribution < 1.29 is 0 Å². The number of pyridine rings is 1. The number of hydrogen-bond acceptors (Lipinski definition) is 2. The van der Waals surface area contributed by atoms with Crippen molar-refractivity contribution in [2.24, 2.45) is 0 Å². The van der Waals surface area contributed by atoms with Crippen LogP contribution in [0.2, 0.25) is 5.02 Å². The fraction of sp³-hybridized carbons (Fsp3) is 0.176. The lowest BCUT2D eigenvalue weighted by Gasteiger charge is -2.20. The summed E-state index contributed by atoms with van der Waals surface area (Å²) in [4.78, 5) is 4.50. The van der Waals surface area contributed by atoms with E-state index in [1.807, 2.05) is 61.0 Å². The van der Waals surface area contributed by atoms with Gasteiger partial charge in [-0.05, 0) is 38.1 Å². The van der Waals surface area contributed by atoms with Gasteiger partial charge in [0.2, 0.25) is 0 Å². The zero-order valence-corrected chi connectivity index (χ0v) is 12.7. The van der Waals surface area contributed by atoms with E-state index in [2.05, 4.69) is 16.1 Å². The van der Waals surface area contributed by atoms with Gasteiger partial charge in [0.05, 0.1) is 11.4 Å². The Hall–Kier alpha value is -2.13. The standard InChI is InChI=1S/C17H16ClN3/c1-12-11-13(2)21(20-12)17(16-9-5-6-10-19-16)14-7-3-4-8-15(14)18/h3-11,17H,1-2H3. The third-order valence-corrected chi connectivity index (χ3v) is 3.80. The second-order valence-electron chi connectivity index (χ2n) is 5.05. The molecule has 0 saturated heterocycles. The SMILES string of the molecule is Cc1cc(C)n(C(c2ccccn2)c2ccccc2Cl)n1. The molecule has 0 aliphatic rings. The molecule has 0 amide bonds. The van der Waals surface area contributed by atoms with Crippen LogP contribution in [0.5, 0.6) is 0 Å². The van der Waals surface area contributed by atoms with E-state index in [-0.39, 0.29) is 6.04 Å². The van der Waals surface area contributed by atoms with Crippen molar-refractivity contribution >= 4 is 11.6 Å². The van der Waals surface area contributed by atoms with Crippen molar-refractivity contribution in [1.29, 1.82) is 0 Å². The first-order valence-electron chi connectivity index (χ1n) is 6.85. The van der Waals surface area contributed by atoms with Gasteiger partial charge >= 0.3 is 0 Å². The van der Waals surface area contributed by atoms with Crippen molar-refractivity contribution in [3.05, 3.63) is 82.4 Å². The Morgan fingerprint density at radius 2 is 1.81 bits per heavy atom. The van der Waals surface area contributed by atoms with E-state index in [1.165, 1.54) is 0 Å². The molecule has 0 N–H and O–H groups in total. The molecule has 106 valence electrons. The van der Waals surface area contributed by atoms with Crippen LogP contribution in [-0.2, 0) is 0 Å². The summed E-state index contributed by atoms with van der Waals surface area (Å²) in [6.45, 7) is 4.04. The number of aromatic nitrogens is 3. The lowest BCUT2D eigenvalue weighted by atomic mass is 10.0. The Morgan fingerprint density at radius 1 is 1.05 bits per heavy atom. The van der Waals surface area contributed by atoms with Crippen LogP contribution in [0, 0.1) is 13.8 Å². The average Bonchev–Trinajstić information content (AvgIpc) is 2.81. The van der Waals surface area contributed by atoms with Crippen LogP contribution >= 0.6 is 11.6 Å². The van der Waals surface area contributed by atoms with Crippen LogP contribution in [0.1, 0.15) is 28.7 Å². The topological polar surface area (TPSA) is 30.7 Å². The summed E-state index contributed by atoms with van der Waals surface area (Å²) in [6.07, 6.45) is 1.80. The van der Waals surface area contributed by atoms with E-state index in [0.717, 1.165) is 27.7 Å². The molecule has 21 heavy (non-hydrogen) atoms. The van der Waals surface area contributed by atoms with Crippen molar-refractivity contribution in [3.63, 3.8) is 0 Å². The first kappa shape index (κ1) is 13.8. The fourth-order valence-corrected chi connectivity index (χ4v) is 2.80. The van der Waals surface area contributed by atoms with Gasteiger partial charge in [0.25, 0.3) is 0 Å². The van der Waals surface area contributed by atoms with Gasteiger partial charge in [-0.2, -0.15) is 5.10 Å². The van der Waals surface area contributed by atoms with Crippen LogP contribution in [0.4, 0.5) is 0 Å². The first-order chi connectivity index (χ1) is 10.2. The number of aryl methyl sites for hydroxylation is 2. The Labute approximate surface area is 129 Å². The molecule has 0 bridgehead atoms. The van der Waals surface area contributed by atoms with Gasteiger partial charge in [0, 0.05) is 22.5 Å². The lowest BCUT2D eigenvalue weighted by Crippen LogP contribution is -2.17. The van der Waals surface area contributed by atoms with E-state index < -0.39 is 0 Å². The van der Waals surface area contributed by atoms with E-state index >= 15 is 0 Å². The molecule has 2 aromatic heterocycles. The van der Waals surface area contributed by atoms with Crippen molar-refractivity contribution in [3.8, 4) is 0 Å². The van der Waals surface area contributed by atoms with Crippen LogP contribution < -0.4 is 0 Å². The maximum atomic E-state index is 6.41. The Kier molecular flexibility index (Phi) is 3.76. The second-order valence-corrected chi connectivity index (χ2v) is 5.46. The predicted octanol–water partition coefficient (Wildman–Crippen LogP) is 4.19. The molecule has 1 aromatic carbocycles. The zero-order valence-electron chi connectivity index (χ0n) is 12.0. The second kappa shape index (κ2) is 5.70. The molecular formula is C17H16ClN3. The molecule has 3 aromatic rings. The zero-order chi connectivity index (χ0) is 14.8. The summed E-state index contributed by atoms with van der Waals surface area (Å²) in [7, 11) is 0. The monoisotopic (exact) mass is 297 g/mol.